The lowest BCUT2D eigenvalue weighted by molar-refractivity contribution is 0.0384. The highest BCUT2D eigenvalue weighted by Crippen LogP contribution is 2.30. The van der Waals surface area contributed by atoms with E-state index in [-0.39, 0.29) is 0 Å². The lowest BCUT2D eigenvalue weighted by Crippen LogP contribution is -2.49. The number of hydrogen-bond donors (Lipinski definition) is 1. The summed E-state index contributed by atoms with van der Waals surface area (Å²) >= 11 is 0. The number of β-amino-alcohol motifs (C(OH)–C–C–N with tert-alkyl or cyclic N) is 1. The van der Waals surface area contributed by atoms with Gasteiger partial charge in [0.25, 0.3) is 0 Å². The van der Waals surface area contributed by atoms with Crippen LogP contribution >= 0.6 is 0 Å². The van der Waals surface area contributed by atoms with Crippen LogP contribution in [0.4, 0.5) is 0 Å². The second-order valence-corrected chi connectivity index (χ2v) is 6.51. The smallest absolute Gasteiger partial charge is 0.124 e. The molecule has 0 spiro atoms. The van der Waals surface area contributed by atoms with Crippen molar-refractivity contribution in [3.63, 3.8) is 0 Å². The van der Waals surface area contributed by atoms with Gasteiger partial charge < -0.3 is 9.84 Å². The summed E-state index contributed by atoms with van der Waals surface area (Å²) in [6, 6.07) is 8.44. The molecule has 124 valence electrons. The van der Waals surface area contributed by atoms with Gasteiger partial charge in [0.1, 0.15) is 5.75 Å². The van der Waals surface area contributed by atoms with E-state index >= 15 is 0 Å². The van der Waals surface area contributed by atoms with Gasteiger partial charge in [-0.25, -0.2) is 0 Å². The van der Waals surface area contributed by atoms with Gasteiger partial charge in [-0.1, -0.05) is 11.6 Å². The standard InChI is InChI=1S/C18H25N3O2/c1-12-5-6-18(23-4)16(7-12)17(22)11-20-9-15(10-20)21-14(3)8-13(2)19-21/h5-8,15,17,22H,9-11H2,1-4H3/t17-/m1/s1. The minimum Gasteiger partial charge on any atom is -0.496 e. The number of methoxy groups -OCH3 is 1. The fraction of sp³-hybridized carbons (Fsp3) is 0.500. The number of nitrogens with zero attached hydrogens (tertiary/aromatic N) is 3. The Bertz CT molecular complexity index is 690. The molecule has 0 unspecified atom stereocenters. The molecule has 0 bridgehead atoms. The fourth-order valence-electron chi connectivity index (χ4n) is 3.32. The van der Waals surface area contributed by atoms with E-state index in [2.05, 4.69) is 27.7 Å². The first kappa shape index (κ1) is 16.0. The molecule has 1 aliphatic heterocycles. The minimum absolute atomic E-state index is 0.412. The van der Waals surface area contributed by atoms with Crippen LogP contribution < -0.4 is 4.74 Å². The van der Waals surface area contributed by atoms with Gasteiger partial charge in [-0.3, -0.25) is 9.58 Å². The molecule has 1 aromatic carbocycles. The Morgan fingerprint density at radius 3 is 2.61 bits per heavy atom. The van der Waals surface area contributed by atoms with E-state index in [0.29, 0.717) is 12.6 Å². The third-order valence-corrected chi connectivity index (χ3v) is 4.50. The van der Waals surface area contributed by atoms with Gasteiger partial charge in [0.05, 0.1) is 24.9 Å². The quantitative estimate of drug-likeness (QED) is 0.920. The van der Waals surface area contributed by atoms with Crippen molar-refractivity contribution in [2.45, 2.75) is 32.9 Å². The number of aliphatic hydroxyl groups excluding tert-OH is 1. The first-order chi connectivity index (χ1) is 11.0. The van der Waals surface area contributed by atoms with Crippen molar-refractivity contribution in [3.8, 4) is 5.75 Å². The summed E-state index contributed by atoms with van der Waals surface area (Å²) in [4.78, 5) is 2.26. The van der Waals surface area contributed by atoms with Crippen LogP contribution in [-0.2, 0) is 0 Å². The number of rotatable bonds is 5. The van der Waals surface area contributed by atoms with Crippen LogP contribution in [0.5, 0.6) is 5.75 Å². The number of aromatic nitrogens is 2. The molecule has 1 atom stereocenters. The first-order valence-electron chi connectivity index (χ1n) is 8.05. The van der Waals surface area contributed by atoms with Crippen molar-refractivity contribution in [1.82, 2.24) is 14.7 Å². The molecule has 1 aromatic heterocycles. The maximum Gasteiger partial charge on any atom is 0.124 e. The van der Waals surface area contributed by atoms with Gasteiger partial charge in [0.2, 0.25) is 0 Å². The van der Waals surface area contributed by atoms with E-state index in [1.54, 1.807) is 7.11 Å². The van der Waals surface area contributed by atoms with E-state index in [9.17, 15) is 5.11 Å². The van der Waals surface area contributed by atoms with Crippen LogP contribution in [-0.4, -0.2) is 46.5 Å². The number of likely N-dealkylation sites (tertiary alicyclic amines) is 1. The van der Waals surface area contributed by atoms with Gasteiger partial charge >= 0.3 is 0 Å². The van der Waals surface area contributed by atoms with Crippen LogP contribution in [0.2, 0.25) is 0 Å². The van der Waals surface area contributed by atoms with E-state index < -0.39 is 6.10 Å². The second kappa shape index (κ2) is 6.34. The predicted octanol–water partition coefficient (Wildman–Crippen LogP) is 2.41. The normalized spacial score (nSPS) is 17.1. The number of hydrogen-bond acceptors (Lipinski definition) is 4. The molecule has 0 aliphatic carbocycles. The van der Waals surface area contributed by atoms with Crippen LogP contribution in [0.25, 0.3) is 0 Å². The van der Waals surface area contributed by atoms with Gasteiger partial charge in [-0.05, 0) is 39.0 Å². The summed E-state index contributed by atoms with van der Waals surface area (Å²) in [6.07, 6.45) is -0.536. The van der Waals surface area contributed by atoms with Crippen LogP contribution in [0.15, 0.2) is 24.3 Å². The monoisotopic (exact) mass is 315 g/mol. The SMILES string of the molecule is COc1ccc(C)cc1[C@H](O)CN1CC(n2nc(C)cc2C)C1. The Labute approximate surface area is 137 Å². The Morgan fingerprint density at radius 1 is 1.26 bits per heavy atom. The van der Waals surface area contributed by atoms with Gasteiger partial charge in [-0.15, -0.1) is 0 Å². The zero-order valence-corrected chi connectivity index (χ0v) is 14.3. The lowest BCUT2D eigenvalue weighted by atomic mass is 10.0. The van der Waals surface area contributed by atoms with Crippen LogP contribution in [0.3, 0.4) is 0 Å². The van der Waals surface area contributed by atoms with Crippen LogP contribution in [0.1, 0.15) is 34.7 Å². The maximum atomic E-state index is 10.6. The number of aryl methyl sites for hydroxylation is 3. The predicted molar refractivity (Wildman–Crippen MR) is 89.9 cm³/mol. The summed E-state index contributed by atoms with van der Waals surface area (Å²) in [5.41, 5.74) is 4.25. The zero-order valence-electron chi connectivity index (χ0n) is 14.3. The van der Waals surface area contributed by atoms with Crippen molar-refractivity contribution < 1.29 is 9.84 Å². The molecule has 2 aromatic rings. The first-order valence-corrected chi connectivity index (χ1v) is 8.05. The van der Waals surface area contributed by atoms with Crippen molar-refractivity contribution >= 4 is 0 Å². The summed E-state index contributed by atoms with van der Waals surface area (Å²) in [7, 11) is 1.64. The molecule has 23 heavy (non-hydrogen) atoms. The van der Waals surface area contributed by atoms with Crippen LogP contribution in [0, 0.1) is 20.8 Å². The summed E-state index contributed by atoms with van der Waals surface area (Å²) < 4.78 is 7.47. The highest BCUT2D eigenvalue weighted by atomic mass is 16.5. The summed E-state index contributed by atoms with van der Waals surface area (Å²) in [5, 5.41) is 15.1. The van der Waals surface area contributed by atoms with Gasteiger partial charge in [-0.2, -0.15) is 5.10 Å². The molecule has 1 saturated heterocycles. The maximum absolute atomic E-state index is 10.6. The largest absolute Gasteiger partial charge is 0.496 e. The number of ether oxygens (including phenoxy) is 1. The molecule has 1 N–H and O–H groups in total. The van der Waals surface area contributed by atoms with Gasteiger partial charge in [0.15, 0.2) is 0 Å². The fourth-order valence-corrected chi connectivity index (χ4v) is 3.32. The molecule has 0 radical (unpaired) electrons. The average molecular weight is 315 g/mol. The van der Waals surface area contributed by atoms with E-state index in [1.165, 1.54) is 5.69 Å². The Morgan fingerprint density at radius 2 is 2.00 bits per heavy atom. The Hall–Kier alpha value is -1.85. The molecule has 1 aliphatic rings. The molecule has 3 rings (SSSR count). The van der Waals surface area contributed by atoms with Crippen molar-refractivity contribution in [3.05, 3.63) is 46.8 Å². The molecule has 1 fully saturated rings. The lowest BCUT2D eigenvalue weighted by Gasteiger charge is -2.40. The molecule has 0 saturated carbocycles. The van der Waals surface area contributed by atoms with Crippen molar-refractivity contribution in [2.75, 3.05) is 26.7 Å². The minimum atomic E-state index is -0.536. The van der Waals surface area contributed by atoms with Crippen molar-refractivity contribution in [1.29, 1.82) is 0 Å². The molecule has 5 heteroatoms. The number of aliphatic hydroxyl groups is 1. The molecule has 0 amide bonds. The summed E-state index contributed by atoms with van der Waals surface area (Å²) in [6.45, 7) is 8.61. The highest BCUT2D eigenvalue weighted by molar-refractivity contribution is 5.38. The van der Waals surface area contributed by atoms with E-state index in [0.717, 1.165) is 35.7 Å². The average Bonchev–Trinajstić information content (AvgIpc) is 2.80. The molecular weight excluding hydrogens is 290 g/mol. The Kier molecular flexibility index (Phi) is 4.41. The van der Waals surface area contributed by atoms with E-state index in [4.69, 9.17) is 4.74 Å². The van der Waals surface area contributed by atoms with Crippen molar-refractivity contribution in [2.24, 2.45) is 0 Å². The second-order valence-electron chi connectivity index (χ2n) is 6.51. The summed E-state index contributed by atoms with van der Waals surface area (Å²) in [5.74, 6) is 0.749. The van der Waals surface area contributed by atoms with E-state index in [1.807, 2.05) is 32.0 Å². The number of benzene rings is 1. The molecular formula is C18H25N3O2. The highest BCUT2D eigenvalue weighted by Gasteiger charge is 2.31. The molecule has 2 heterocycles. The Balaban J connectivity index is 1.61. The third-order valence-electron chi connectivity index (χ3n) is 4.50. The zero-order chi connectivity index (χ0) is 16.6. The molecule has 5 nitrogen and oxygen atoms in total. The third kappa shape index (κ3) is 3.26. The van der Waals surface area contributed by atoms with Gasteiger partial charge in [0, 0.05) is 30.9 Å². The topological polar surface area (TPSA) is 50.5 Å².